The Labute approximate surface area is 223 Å². The fourth-order valence-electron chi connectivity index (χ4n) is 3.91. The number of nitrogens with one attached hydrogen (secondary N) is 1. The minimum Gasteiger partial charge on any atom is -0.487 e. The van der Waals surface area contributed by atoms with E-state index in [-0.39, 0.29) is 12.4 Å². The molecule has 0 unspecified atom stereocenters. The Morgan fingerprint density at radius 1 is 0.974 bits per heavy atom. The van der Waals surface area contributed by atoms with E-state index in [0.29, 0.717) is 27.8 Å². The van der Waals surface area contributed by atoms with Crippen LogP contribution in [0.4, 0.5) is 15.9 Å². The molecule has 0 amide bonds. The van der Waals surface area contributed by atoms with Gasteiger partial charge in [0.2, 0.25) is 0 Å². The second-order valence-corrected chi connectivity index (χ2v) is 8.84. The third-order valence-corrected chi connectivity index (χ3v) is 6.07. The van der Waals surface area contributed by atoms with Gasteiger partial charge >= 0.3 is 5.97 Å². The molecule has 0 spiro atoms. The van der Waals surface area contributed by atoms with Crippen LogP contribution in [-0.2, 0) is 11.4 Å². The van der Waals surface area contributed by atoms with Crippen LogP contribution < -0.4 is 10.1 Å². The number of aliphatic carboxylic acids is 1. The number of ether oxygens (including phenoxy) is 1. The van der Waals surface area contributed by atoms with Crippen molar-refractivity contribution in [2.45, 2.75) is 6.61 Å². The fraction of sp³-hybridized carbons (Fsp3) is 0.0333. The van der Waals surface area contributed by atoms with Crippen molar-refractivity contribution in [3.05, 3.63) is 119 Å². The number of hydrogen-bond donors (Lipinski definition) is 2. The van der Waals surface area contributed by atoms with Crippen molar-refractivity contribution in [2.24, 2.45) is 0 Å². The average molecular weight is 526 g/mol. The first-order valence-electron chi connectivity index (χ1n) is 11.6. The number of carboxylic acids is 1. The predicted molar refractivity (Wildman–Crippen MR) is 147 cm³/mol. The Balaban J connectivity index is 1.36. The lowest BCUT2D eigenvalue weighted by Crippen LogP contribution is -1.99. The number of anilines is 2. The molecule has 0 aliphatic carbocycles. The van der Waals surface area contributed by atoms with E-state index in [1.165, 1.54) is 18.5 Å². The van der Waals surface area contributed by atoms with Crippen LogP contribution in [0.5, 0.6) is 5.75 Å². The summed E-state index contributed by atoms with van der Waals surface area (Å²) in [6.07, 6.45) is 4.15. The summed E-state index contributed by atoms with van der Waals surface area (Å²) in [7, 11) is 0. The molecule has 6 nitrogen and oxygen atoms in total. The minimum atomic E-state index is -0.990. The number of rotatable bonds is 8. The highest BCUT2D eigenvalue weighted by Crippen LogP contribution is 2.32. The zero-order valence-electron chi connectivity index (χ0n) is 19.9. The first-order valence-corrected chi connectivity index (χ1v) is 12.0. The lowest BCUT2D eigenvalue weighted by molar-refractivity contribution is -0.131. The Morgan fingerprint density at radius 2 is 1.79 bits per heavy atom. The molecule has 1 heterocycles. The van der Waals surface area contributed by atoms with E-state index in [0.717, 1.165) is 33.7 Å². The highest BCUT2D eigenvalue weighted by molar-refractivity contribution is 6.32. The number of nitrogens with zero attached hydrogens (tertiary/aromatic N) is 2. The second-order valence-electron chi connectivity index (χ2n) is 8.44. The smallest absolute Gasteiger partial charge is 0.328 e. The first-order chi connectivity index (χ1) is 18.4. The van der Waals surface area contributed by atoms with Gasteiger partial charge in [-0.1, -0.05) is 54.1 Å². The van der Waals surface area contributed by atoms with Crippen LogP contribution in [0.3, 0.4) is 0 Å². The minimum absolute atomic E-state index is 0.195. The molecule has 38 heavy (non-hydrogen) atoms. The topological polar surface area (TPSA) is 84.3 Å². The van der Waals surface area contributed by atoms with Crippen LogP contribution in [0, 0.1) is 5.82 Å². The van der Waals surface area contributed by atoms with Crippen molar-refractivity contribution in [2.75, 3.05) is 5.32 Å². The number of fused-ring (bicyclic) bond motifs is 1. The first kappa shape index (κ1) is 24.9. The van der Waals surface area contributed by atoms with E-state index in [9.17, 15) is 9.18 Å². The van der Waals surface area contributed by atoms with Crippen molar-refractivity contribution >= 4 is 46.1 Å². The molecule has 0 saturated carbocycles. The molecule has 4 aromatic carbocycles. The van der Waals surface area contributed by atoms with E-state index in [2.05, 4.69) is 15.3 Å². The number of hydrogen-bond acceptors (Lipinski definition) is 5. The molecule has 0 aliphatic rings. The predicted octanol–water partition coefficient (Wildman–Crippen LogP) is 7.51. The van der Waals surface area contributed by atoms with Gasteiger partial charge in [0, 0.05) is 17.1 Å². The van der Waals surface area contributed by atoms with Crippen molar-refractivity contribution in [3.8, 4) is 16.9 Å². The molecule has 0 radical (unpaired) electrons. The van der Waals surface area contributed by atoms with Gasteiger partial charge in [0.15, 0.2) is 0 Å². The number of carbonyl (C=O) groups is 1. The number of carboxylic acid groups (broad SMARTS) is 1. The van der Waals surface area contributed by atoms with Crippen molar-refractivity contribution in [3.63, 3.8) is 0 Å². The summed E-state index contributed by atoms with van der Waals surface area (Å²) in [6, 6.07) is 25.0. The molecular weight excluding hydrogens is 505 g/mol. The summed E-state index contributed by atoms with van der Waals surface area (Å²) in [4.78, 5) is 19.6. The van der Waals surface area contributed by atoms with Gasteiger partial charge in [-0.25, -0.2) is 19.2 Å². The summed E-state index contributed by atoms with van der Waals surface area (Å²) in [5.74, 6) is -0.210. The average Bonchev–Trinajstić information content (AvgIpc) is 2.92. The molecule has 0 bridgehead atoms. The van der Waals surface area contributed by atoms with Gasteiger partial charge in [-0.05, 0) is 70.8 Å². The normalized spacial score (nSPS) is 11.1. The lowest BCUT2D eigenvalue weighted by atomic mass is 10.0. The van der Waals surface area contributed by atoms with Gasteiger partial charge in [-0.2, -0.15) is 0 Å². The van der Waals surface area contributed by atoms with Crippen LogP contribution >= 0.6 is 11.6 Å². The maximum Gasteiger partial charge on any atom is 0.328 e. The standard InChI is InChI=1S/C30H21ClFN3O3/c31-26-16-24(10-12-28(26)38-17-20-2-1-3-23(32)14-20)35-30-25-15-22(9-11-27(25)33-18-34-30)21-7-4-19(5-8-21)6-13-29(36)37/h1-16,18H,17H2,(H,36,37)(H,33,34,35)/b13-6+. The summed E-state index contributed by atoms with van der Waals surface area (Å²) >= 11 is 6.46. The van der Waals surface area contributed by atoms with Gasteiger partial charge < -0.3 is 15.2 Å². The molecule has 0 saturated heterocycles. The Kier molecular flexibility index (Phi) is 7.28. The Hall–Kier alpha value is -4.75. The van der Waals surface area contributed by atoms with Gasteiger partial charge in [0.25, 0.3) is 0 Å². The van der Waals surface area contributed by atoms with Gasteiger partial charge in [0.1, 0.15) is 30.3 Å². The Bertz CT molecular complexity index is 1660. The van der Waals surface area contributed by atoms with E-state index in [1.54, 1.807) is 30.3 Å². The van der Waals surface area contributed by atoms with E-state index in [1.807, 2.05) is 48.5 Å². The lowest BCUT2D eigenvalue weighted by Gasteiger charge is -2.12. The highest BCUT2D eigenvalue weighted by Gasteiger charge is 2.09. The SMILES string of the molecule is O=C(O)/C=C/c1ccc(-c2ccc3ncnc(Nc4ccc(OCc5cccc(F)c5)c(Cl)c4)c3c2)cc1. The summed E-state index contributed by atoms with van der Waals surface area (Å²) in [6.45, 7) is 0.195. The van der Waals surface area contributed by atoms with Crippen LogP contribution in [0.2, 0.25) is 5.02 Å². The van der Waals surface area contributed by atoms with Crippen molar-refractivity contribution in [1.29, 1.82) is 0 Å². The van der Waals surface area contributed by atoms with Crippen molar-refractivity contribution < 1.29 is 19.0 Å². The second kappa shape index (κ2) is 11.1. The van der Waals surface area contributed by atoms with E-state index >= 15 is 0 Å². The molecule has 5 rings (SSSR count). The molecule has 8 heteroatoms. The van der Waals surface area contributed by atoms with E-state index < -0.39 is 5.97 Å². The van der Waals surface area contributed by atoms with Gasteiger partial charge in [-0.15, -0.1) is 0 Å². The van der Waals surface area contributed by atoms with E-state index in [4.69, 9.17) is 21.4 Å². The van der Waals surface area contributed by atoms with Crippen LogP contribution in [0.25, 0.3) is 28.1 Å². The molecule has 1 aromatic heterocycles. The maximum atomic E-state index is 13.4. The number of halogens is 2. The van der Waals surface area contributed by atoms with Crippen LogP contribution in [0.15, 0.2) is 97.3 Å². The summed E-state index contributed by atoms with van der Waals surface area (Å²) in [5, 5.41) is 13.3. The maximum absolute atomic E-state index is 13.4. The molecule has 0 atom stereocenters. The van der Waals surface area contributed by atoms with Gasteiger partial charge in [-0.3, -0.25) is 0 Å². The zero-order chi connectivity index (χ0) is 26.5. The number of benzene rings is 4. The molecular formula is C30H21ClFN3O3. The molecule has 0 fully saturated rings. The molecule has 0 aliphatic heterocycles. The monoisotopic (exact) mass is 525 g/mol. The van der Waals surface area contributed by atoms with Crippen molar-refractivity contribution in [1.82, 2.24) is 9.97 Å². The fourth-order valence-corrected chi connectivity index (χ4v) is 4.15. The van der Waals surface area contributed by atoms with Crippen LogP contribution in [0.1, 0.15) is 11.1 Å². The Morgan fingerprint density at radius 3 is 2.55 bits per heavy atom. The quantitative estimate of drug-likeness (QED) is 0.204. The summed E-state index contributed by atoms with van der Waals surface area (Å²) < 4.78 is 19.2. The molecule has 2 N–H and O–H groups in total. The third kappa shape index (κ3) is 5.96. The third-order valence-electron chi connectivity index (χ3n) is 5.78. The molecule has 188 valence electrons. The van der Waals surface area contributed by atoms with Gasteiger partial charge in [0.05, 0.1) is 10.5 Å². The zero-order valence-corrected chi connectivity index (χ0v) is 20.7. The van der Waals surface area contributed by atoms with Crippen LogP contribution in [-0.4, -0.2) is 21.0 Å². The summed E-state index contributed by atoms with van der Waals surface area (Å²) in [5.41, 5.74) is 4.92. The largest absolute Gasteiger partial charge is 0.487 e. The molecule has 5 aromatic rings. The highest BCUT2D eigenvalue weighted by atomic mass is 35.5. The number of aromatic nitrogens is 2.